The minimum atomic E-state index is -0.998. The molecular weight excluding hydrogens is 234 g/mol. The molecule has 0 heterocycles. The predicted molar refractivity (Wildman–Crippen MR) is 67.6 cm³/mol. The Hall–Kier alpha value is -1.59. The zero-order valence-electron chi connectivity index (χ0n) is 10.4. The minimum absolute atomic E-state index is 0.244. The maximum atomic E-state index is 10.4. The number of carboxylic acids is 1. The number of aliphatic hydroxyl groups excluding tert-OH is 1. The van der Waals surface area contributed by atoms with E-state index in [1.807, 2.05) is 31.2 Å². The maximum absolute atomic E-state index is 10.4. The fourth-order valence-electron chi connectivity index (χ4n) is 1.57. The van der Waals surface area contributed by atoms with Crippen molar-refractivity contribution in [1.29, 1.82) is 0 Å². The summed E-state index contributed by atoms with van der Waals surface area (Å²) >= 11 is 0. The van der Waals surface area contributed by atoms with Gasteiger partial charge in [-0.1, -0.05) is 12.1 Å². The molecule has 1 aromatic carbocycles. The number of aliphatic hydroxyl groups is 1. The molecule has 1 atom stereocenters. The molecule has 18 heavy (non-hydrogen) atoms. The average Bonchev–Trinajstić information content (AvgIpc) is 2.29. The molecule has 1 rings (SSSR count). The van der Waals surface area contributed by atoms with Gasteiger partial charge in [0.1, 0.15) is 5.75 Å². The molecular formula is C13H19NO4. The van der Waals surface area contributed by atoms with Crippen LogP contribution in [0.1, 0.15) is 18.9 Å². The zero-order valence-corrected chi connectivity index (χ0v) is 10.4. The summed E-state index contributed by atoms with van der Waals surface area (Å²) in [4.78, 5) is 10.4. The lowest BCUT2D eigenvalue weighted by atomic mass is 10.2. The van der Waals surface area contributed by atoms with Gasteiger partial charge in [-0.3, -0.25) is 4.79 Å². The highest BCUT2D eigenvalue weighted by Gasteiger charge is 2.08. The van der Waals surface area contributed by atoms with E-state index in [2.05, 4.69) is 5.32 Å². The topological polar surface area (TPSA) is 78.8 Å². The maximum Gasteiger partial charge on any atom is 0.306 e. The van der Waals surface area contributed by atoms with Gasteiger partial charge in [0.2, 0.25) is 0 Å². The van der Waals surface area contributed by atoms with E-state index in [4.69, 9.17) is 9.84 Å². The third-order valence-corrected chi connectivity index (χ3v) is 2.33. The molecule has 0 aromatic heterocycles. The molecule has 0 spiro atoms. The quantitative estimate of drug-likeness (QED) is 0.644. The van der Waals surface area contributed by atoms with E-state index in [0.717, 1.165) is 11.3 Å². The van der Waals surface area contributed by atoms with Gasteiger partial charge in [0, 0.05) is 13.1 Å². The molecule has 0 aliphatic heterocycles. The molecule has 0 radical (unpaired) electrons. The van der Waals surface area contributed by atoms with Gasteiger partial charge >= 0.3 is 5.97 Å². The number of hydrogen-bond acceptors (Lipinski definition) is 4. The molecule has 0 fully saturated rings. The van der Waals surface area contributed by atoms with Gasteiger partial charge in [-0.2, -0.15) is 0 Å². The zero-order chi connectivity index (χ0) is 13.4. The second-order valence-electron chi connectivity index (χ2n) is 3.96. The molecule has 0 bridgehead atoms. The summed E-state index contributed by atoms with van der Waals surface area (Å²) in [5.41, 5.74) is 1.03. The average molecular weight is 253 g/mol. The molecule has 0 aliphatic carbocycles. The van der Waals surface area contributed by atoms with Gasteiger partial charge < -0.3 is 20.3 Å². The third-order valence-electron chi connectivity index (χ3n) is 2.33. The highest BCUT2D eigenvalue weighted by molar-refractivity contribution is 5.67. The normalized spacial score (nSPS) is 12.1. The third kappa shape index (κ3) is 5.65. The van der Waals surface area contributed by atoms with Crippen LogP contribution < -0.4 is 10.1 Å². The van der Waals surface area contributed by atoms with E-state index < -0.39 is 12.1 Å². The molecule has 1 unspecified atom stereocenters. The van der Waals surface area contributed by atoms with Crippen LogP contribution in [0.4, 0.5) is 0 Å². The SMILES string of the molecule is CCOc1cccc(CNCC(O)CC(=O)O)c1. The van der Waals surface area contributed by atoms with Crippen molar-refractivity contribution in [2.45, 2.75) is 26.0 Å². The highest BCUT2D eigenvalue weighted by atomic mass is 16.5. The highest BCUT2D eigenvalue weighted by Crippen LogP contribution is 2.12. The van der Waals surface area contributed by atoms with Crippen LogP contribution in [0, 0.1) is 0 Å². The summed E-state index contributed by atoms with van der Waals surface area (Å²) in [5.74, 6) is -0.189. The van der Waals surface area contributed by atoms with Crippen LogP contribution in [0.5, 0.6) is 5.75 Å². The lowest BCUT2D eigenvalue weighted by Crippen LogP contribution is -2.28. The van der Waals surface area contributed by atoms with Crippen molar-refractivity contribution in [2.75, 3.05) is 13.2 Å². The summed E-state index contributed by atoms with van der Waals surface area (Å²) in [6.45, 7) is 3.37. The van der Waals surface area contributed by atoms with E-state index in [1.54, 1.807) is 0 Å². The van der Waals surface area contributed by atoms with Gasteiger partial charge in [0.15, 0.2) is 0 Å². The summed E-state index contributed by atoms with van der Waals surface area (Å²) in [7, 11) is 0. The number of rotatable bonds is 8. The second-order valence-corrected chi connectivity index (χ2v) is 3.96. The van der Waals surface area contributed by atoms with Gasteiger partial charge in [0.25, 0.3) is 0 Å². The number of carboxylic acid groups (broad SMARTS) is 1. The van der Waals surface area contributed by atoms with E-state index in [0.29, 0.717) is 13.2 Å². The molecule has 0 amide bonds. The number of carbonyl (C=O) groups is 1. The van der Waals surface area contributed by atoms with Crippen molar-refractivity contribution < 1.29 is 19.7 Å². The Kier molecular flexibility index (Phi) is 6.18. The Morgan fingerprint density at radius 2 is 2.28 bits per heavy atom. The summed E-state index contributed by atoms with van der Waals surface area (Å²) in [5, 5.41) is 20.9. The Bertz CT molecular complexity index is 381. The number of ether oxygens (including phenoxy) is 1. The second kappa shape index (κ2) is 7.68. The van der Waals surface area contributed by atoms with Gasteiger partial charge in [-0.05, 0) is 24.6 Å². The van der Waals surface area contributed by atoms with Crippen LogP contribution in [-0.4, -0.2) is 35.4 Å². The van der Waals surface area contributed by atoms with Crippen LogP contribution in [-0.2, 0) is 11.3 Å². The van der Waals surface area contributed by atoms with E-state index in [9.17, 15) is 9.90 Å². The first-order valence-corrected chi connectivity index (χ1v) is 5.94. The number of hydrogen-bond donors (Lipinski definition) is 3. The van der Waals surface area contributed by atoms with Crippen LogP contribution in [0.15, 0.2) is 24.3 Å². The smallest absolute Gasteiger partial charge is 0.306 e. The molecule has 5 nitrogen and oxygen atoms in total. The minimum Gasteiger partial charge on any atom is -0.494 e. The predicted octanol–water partition coefficient (Wildman–Crippen LogP) is 1.01. The first-order chi connectivity index (χ1) is 8.61. The Balaban J connectivity index is 2.34. The Morgan fingerprint density at radius 3 is 2.94 bits per heavy atom. The van der Waals surface area contributed by atoms with Crippen LogP contribution in [0.2, 0.25) is 0 Å². The van der Waals surface area contributed by atoms with Crippen molar-refractivity contribution in [3.8, 4) is 5.75 Å². The van der Waals surface area contributed by atoms with E-state index in [1.165, 1.54) is 0 Å². The molecule has 0 saturated carbocycles. The molecule has 3 N–H and O–H groups in total. The van der Waals surface area contributed by atoms with Crippen molar-refractivity contribution in [2.24, 2.45) is 0 Å². The molecule has 5 heteroatoms. The molecule has 1 aromatic rings. The Morgan fingerprint density at radius 1 is 1.50 bits per heavy atom. The molecule has 0 aliphatic rings. The van der Waals surface area contributed by atoms with Crippen molar-refractivity contribution in [1.82, 2.24) is 5.32 Å². The summed E-state index contributed by atoms with van der Waals surface area (Å²) < 4.78 is 5.37. The van der Waals surface area contributed by atoms with E-state index >= 15 is 0 Å². The standard InChI is InChI=1S/C13H19NO4/c1-2-18-12-5-3-4-10(6-12)8-14-9-11(15)7-13(16)17/h3-6,11,14-15H,2,7-9H2,1H3,(H,16,17). The number of aliphatic carboxylic acids is 1. The Labute approximate surface area is 106 Å². The summed E-state index contributed by atoms with van der Waals surface area (Å²) in [6, 6.07) is 7.64. The number of benzene rings is 1. The van der Waals surface area contributed by atoms with E-state index in [-0.39, 0.29) is 13.0 Å². The van der Waals surface area contributed by atoms with Crippen LogP contribution in [0.25, 0.3) is 0 Å². The van der Waals surface area contributed by atoms with Crippen LogP contribution in [0.3, 0.4) is 0 Å². The summed E-state index contributed by atoms with van der Waals surface area (Å²) in [6.07, 6.45) is -1.11. The van der Waals surface area contributed by atoms with Crippen molar-refractivity contribution in [3.05, 3.63) is 29.8 Å². The fraction of sp³-hybridized carbons (Fsp3) is 0.462. The fourth-order valence-corrected chi connectivity index (χ4v) is 1.57. The van der Waals surface area contributed by atoms with Gasteiger partial charge in [0.05, 0.1) is 19.1 Å². The largest absolute Gasteiger partial charge is 0.494 e. The van der Waals surface area contributed by atoms with Crippen molar-refractivity contribution >= 4 is 5.97 Å². The monoisotopic (exact) mass is 253 g/mol. The van der Waals surface area contributed by atoms with Gasteiger partial charge in [-0.25, -0.2) is 0 Å². The lowest BCUT2D eigenvalue weighted by molar-refractivity contribution is -0.139. The van der Waals surface area contributed by atoms with Crippen LogP contribution >= 0.6 is 0 Å². The first kappa shape index (κ1) is 14.5. The number of nitrogens with one attached hydrogen (secondary N) is 1. The van der Waals surface area contributed by atoms with Gasteiger partial charge in [-0.15, -0.1) is 0 Å². The first-order valence-electron chi connectivity index (χ1n) is 5.94. The van der Waals surface area contributed by atoms with Crippen molar-refractivity contribution in [3.63, 3.8) is 0 Å². The lowest BCUT2D eigenvalue weighted by Gasteiger charge is -2.10. The molecule has 0 saturated heterocycles. The molecule has 100 valence electrons.